The average molecular weight is 369 g/mol. The number of aromatic nitrogens is 2. The van der Waals surface area contributed by atoms with E-state index in [0.717, 1.165) is 0 Å². The predicted molar refractivity (Wildman–Crippen MR) is 81.3 cm³/mol. The van der Waals surface area contributed by atoms with Crippen molar-refractivity contribution in [3.8, 4) is 22.4 Å². The molecule has 10 heteroatoms. The van der Waals surface area contributed by atoms with Gasteiger partial charge in [-0.3, -0.25) is 4.98 Å². The van der Waals surface area contributed by atoms with E-state index in [2.05, 4.69) is 10.1 Å². The maximum Gasteiger partial charge on any atom is 0.241 e. The fraction of sp³-hybridized carbons (Fsp3) is 0.0667. The molecule has 0 spiro atoms. The molecule has 2 N–H and O–H groups in total. The topological polar surface area (TPSA) is 99.1 Å². The van der Waals surface area contributed by atoms with Crippen LogP contribution in [0, 0.1) is 11.6 Å². The first-order valence-electron chi connectivity index (χ1n) is 6.80. The normalized spacial score (nSPS) is 11.7. The van der Waals surface area contributed by atoms with Gasteiger partial charge in [0.25, 0.3) is 0 Å². The van der Waals surface area contributed by atoms with Gasteiger partial charge in [0.1, 0.15) is 22.2 Å². The molecule has 3 rings (SSSR count). The summed E-state index contributed by atoms with van der Waals surface area (Å²) in [5.41, 5.74) is -0.107. The second-order valence-corrected chi connectivity index (χ2v) is 6.54. The van der Waals surface area contributed by atoms with Crippen molar-refractivity contribution in [2.75, 3.05) is 0 Å². The molecule has 130 valence electrons. The van der Waals surface area contributed by atoms with E-state index in [1.54, 1.807) is 12.1 Å². The van der Waals surface area contributed by atoms with Gasteiger partial charge in [-0.25, -0.2) is 26.7 Å². The Labute approximate surface area is 140 Å². The van der Waals surface area contributed by atoms with Crippen LogP contribution >= 0.6 is 0 Å². The van der Waals surface area contributed by atoms with Gasteiger partial charge in [0.15, 0.2) is 12.4 Å². The Morgan fingerprint density at radius 3 is 2.56 bits per heavy atom. The number of hydrogen-bond donors (Lipinski definition) is 1. The minimum atomic E-state index is -4.46. The summed E-state index contributed by atoms with van der Waals surface area (Å²) in [6.45, 7) is -1.12. The van der Waals surface area contributed by atoms with Crippen molar-refractivity contribution in [1.82, 2.24) is 10.1 Å². The molecule has 0 fully saturated rings. The first-order chi connectivity index (χ1) is 11.8. The molecule has 0 saturated carbocycles. The molecule has 0 bridgehead atoms. The van der Waals surface area contributed by atoms with Gasteiger partial charge in [0, 0.05) is 23.5 Å². The van der Waals surface area contributed by atoms with Crippen LogP contribution in [0.25, 0.3) is 22.4 Å². The van der Waals surface area contributed by atoms with E-state index in [4.69, 9.17) is 9.66 Å². The first kappa shape index (κ1) is 17.1. The summed E-state index contributed by atoms with van der Waals surface area (Å²) < 4.78 is 69.2. The average Bonchev–Trinajstić information content (AvgIpc) is 3.00. The quantitative estimate of drug-likeness (QED) is 0.762. The van der Waals surface area contributed by atoms with E-state index in [1.807, 2.05) is 0 Å². The van der Waals surface area contributed by atoms with Gasteiger partial charge >= 0.3 is 0 Å². The number of hydrogen-bond acceptors (Lipinski definition) is 5. The Morgan fingerprint density at radius 1 is 1.20 bits per heavy atom. The molecule has 0 aliphatic rings. The lowest BCUT2D eigenvalue weighted by atomic mass is 9.99. The zero-order valence-electron chi connectivity index (χ0n) is 12.4. The number of halogens is 3. The number of benzene rings is 1. The summed E-state index contributed by atoms with van der Waals surface area (Å²) in [5.74, 6) is -2.73. The Kier molecular flexibility index (Phi) is 4.31. The predicted octanol–water partition coefficient (Wildman–Crippen LogP) is 2.80. The zero-order chi connectivity index (χ0) is 18.2. The second kappa shape index (κ2) is 6.30. The van der Waals surface area contributed by atoms with Gasteiger partial charge in [-0.15, -0.1) is 0 Å². The van der Waals surface area contributed by atoms with E-state index in [1.165, 1.54) is 12.4 Å². The Balaban J connectivity index is 2.27. The van der Waals surface area contributed by atoms with Crippen molar-refractivity contribution in [1.29, 1.82) is 0 Å². The smallest absolute Gasteiger partial charge is 0.241 e. The number of pyridine rings is 1. The minimum Gasteiger partial charge on any atom is -0.357 e. The maximum atomic E-state index is 14.4. The van der Waals surface area contributed by atoms with Crippen LogP contribution in [-0.4, -0.2) is 18.6 Å². The third-order valence-corrected chi connectivity index (χ3v) is 4.34. The van der Waals surface area contributed by atoms with Crippen LogP contribution < -0.4 is 5.14 Å². The van der Waals surface area contributed by atoms with Crippen LogP contribution in [0.1, 0.15) is 5.76 Å². The van der Waals surface area contributed by atoms with Crippen molar-refractivity contribution in [2.24, 2.45) is 5.14 Å². The summed E-state index contributed by atoms with van der Waals surface area (Å²) in [4.78, 5) is 2.87. The molecule has 25 heavy (non-hydrogen) atoms. The molecule has 2 heterocycles. The van der Waals surface area contributed by atoms with Gasteiger partial charge in [0.2, 0.25) is 10.0 Å². The van der Waals surface area contributed by atoms with Crippen molar-refractivity contribution in [3.63, 3.8) is 0 Å². The van der Waals surface area contributed by atoms with E-state index in [-0.39, 0.29) is 17.0 Å². The number of primary sulfonamides is 1. The Hall–Kier alpha value is -2.72. The van der Waals surface area contributed by atoms with Crippen LogP contribution in [0.3, 0.4) is 0 Å². The monoisotopic (exact) mass is 369 g/mol. The molecular formula is C15H10F3N3O3S. The SMILES string of the molecule is NS(=O)(=O)c1cc(F)c(-c2c(-c3cccnc3)noc2CF)cc1F. The van der Waals surface area contributed by atoms with Crippen LogP contribution in [0.4, 0.5) is 13.2 Å². The summed E-state index contributed by atoms with van der Waals surface area (Å²) in [7, 11) is -4.46. The molecule has 0 aliphatic carbocycles. The molecule has 0 unspecified atom stereocenters. The molecule has 2 aromatic heterocycles. The molecule has 0 amide bonds. The molecular weight excluding hydrogens is 359 g/mol. The van der Waals surface area contributed by atoms with Gasteiger partial charge in [-0.2, -0.15) is 0 Å². The van der Waals surface area contributed by atoms with E-state index >= 15 is 0 Å². The minimum absolute atomic E-state index is 0.0439. The standard InChI is InChI=1S/C15H10F3N3O3S/c16-6-12-14(15(21-24-12)8-2-1-3-20-7-8)9-4-11(18)13(5-10(9)17)25(19,22)23/h1-5,7H,6H2,(H2,19,22,23). The molecule has 0 radical (unpaired) electrons. The van der Waals surface area contributed by atoms with Crippen LogP contribution in [-0.2, 0) is 16.7 Å². The fourth-order valence-corrected chi connectivity index (χ4v) is 2.93. The highest BCUT2D eigenvalue weighted by molar-refractivity contribution is 7.89. The number of alkyl halides is 1. The highest BCUT2D eigenvalue weighted by atomic mass is 32.2. The molecule has 0 saturated heterocycles. The second-order valence-electron chi connectivity index (χ2n) is 5.01. The summed E-state index contributed by atoms with van der Waals surface area (Å²) in [6.07, 6.45) is 2.87. The van der Waals surface area contributed by atoms with Gasteiger partial charge in [-0.1, -0.05) is 5.16 Å². The van der Waals surface area contributed by atoms with Gasteiger partial charge in [0.05, 0.1) is 5.56 Å². The zero-order valence-corrected chi connectivity index (χ0v) is 13.2. The number of sulfonamides is 1. The number of rotatable bonds is 4. The summed E-state index contributed by atoms with van der Waals surface area (Å²) in [6, 6.07) is 4.19. The van der Waals surface area contributed by atoms with E-state index < -0.39 is 38.8 Å². The lowest BCUT2D eigenvalue weighted by molar-refractivity contribution is 0.332. The largest absolute Gasteiger partial charge is 0.357 e. The molecule has 3 aromatic rings. The van der Waals surface area contributed by atoms with Crippen LogP contribution in [0.5, 0.6) is 0 Å². The summed E-state index contributed by atoms with van der Waals surface area (Å²) >= 11 is 0. The van der Waals surface area contributed by atoms with Gasteiger partial charge in [-0.05, 0) is 24.3 Å². The Morgan fingerprint density at radius 2 is 1.96 bits per heavy atom. The maximum absolute atomic E-state index is 14.4. The lowest BCUT2D eigenvalue weighted by Crippen LogP contribution is -2.14. The molecule has 6 nitrogen and oxygen atoms in total. The van der Waals surface area contributed by atoms with Crippen molar-refractivity contribution >= 4 is 10.0 Å². The highest BCUT2D eigenvalue weighted by Gasteiger charge is 2.25. The molecule has 1 aromatic carbocycles. The lowest BCUT2D eigenvalue weighted by Gasteiger charge is -2.08. The molecule has 0 atom stereocenters. The van der Waals surface area contributed by atoms with E-state index in [9.17, 15) is 21.6 Å². The Bertz CT molecular complexity index is 1040. The third-order valence-electron chi connectivity index (χ3n) is 3.42. The van der Waals surface area contributed by atoms with Crippen molar-refractivity contribution in [3.05, 3.63) is 54.1 Å². The highest BCUT2D eigenvalue weighted by Crippen LogP contribution is 2.37. The summed E-state index contributed by atoms with van der Waals surface area (Å²) in [5, 5.41) is 8.53. The van der Waals surface area contributed by atoms with E-state index in [0.29, 0.717) is 17.7 Å². The third kappa shape index (κ3) is 3.13. The van der Waals surface area contributed by atoms with Crippen molar-refractivity contribution in [2.45, 2.75) is 11.6 Å². The van der Waals surface area contributed by atoms with Crippen LogP contribution in [0.2, 0.25) is 0 Å². The molecule has 0 aliphatic heterocycles. The fourth-order valence-electron chi connectivity index (χ4n) is 2.33. The van der Waals surface area contributed by atoms with Crippen LogP contribution in [0.15, 0.2) is 46.1 Å². The first-order valence-corrected chi connectivity index (χ1v) is 8.34. The van der Waals surface area contributed by atoms with Crippen molar-refractivity contribution < 1.29 is 26.1 Å². The van der Waals surface area contributed by atoms with Gasteiger partial charge < -0.3 is 4.52 Å². The number of nitrogens with zero attached hydrogens (tertiary/aromatic N) is 2. The number of nitrogens with two attached hydrogens (primary N) is 1.